The van der Waals surface area contributed by atoms with Gasteiger partial charge in [-0.1, -0.05) is 18.5 Å². The van der Waals surface area contributed by atoms with Crippen LogP contribution in [-0.4, -0.2) is 17.6 Å². The van der Waals surface area contributed by atoms with Crippen LogP contribution in [0.2, 0.25) is 5.02 Å². The van der Waals surface area contributed by atoms with Crippen LogP contribution >= 0.6 is 11.6 Å². The number of anilines is 1. The fraction of sp³-hybridized carbons (Fsp3) is 0.583. The molecule has 0 radical (unpaired) electrons. The van der Waals surface area contributed by atoms with E-state index in [0.717, 1.165) is 17.9 Å². The average molecular weight is 242 g/mol. The van der Waals surface area contributed by atoms with Gasteiger partial charge in [0.1, 0.15) is 5.82 Å². The summed E-state index contributed by atoms with van der Waals surface area (Å²) in [6, 6.07) is 3.78. The fourth-order valence-electron chi connectivity index (χ4n) is 1.35. The van der Waals surface area contributed by atoms with Gasteiger partial charge in [0.05, 0.1) is 10.7 Å². The molecule has 0 aliphatic rings. The lowest BCUT2D eigenvalue weighted by Gasteiger charge is -2.36. The molecule has 0 aliphatic carbocycles. The second kappa shape index (κ2) is 5.02. The van der Waals surface area contributed by atoms with Crippen LogP contribution in [0, 0.1) is 0 Å². The van der Waals surface area contributed by atoms with Gasteiger partial charge in [-0.3, -0.25) is 0 Å². The van der Waals surface area contributed by atoms with Crippen molar-refractivity contribution in [2.24, 2.45) is 5.73 Å². The molecule has 1 heterocycles. The minimum absolute atomic E-state index is 0.0761. The Morgan fingerprint density at radius 1 is 1.44 bits per heavy atom. The van der Waals surface area contributed by atoms with E-state index in [1.165, 1.54) is 0 Å². The first kappa shape index (κ1) is 13.3. The number of rotatable bonds is 4. The highest BCUT2D eigenvalue weighted by atomic mass is 35.5. The SMILES string of the molecule is CCC(C)(C)N(C)c1ccc(Cl)c(CN)n1. The van der Waals surface area contributed by atoms with Gasteiger partial charge in [-0.25, -0.2) is 4.98 Å². The first-order valence-corrected chi connectivity index (χ1v) is 5.89. The van der Waals surface area contributed by atoms with Crippen molar-refractivity contribution >= 4 is 17.4 Å². The van der Waals surface area contributed by atoms with Gasteiger partial charge in [0, 0.05) is 19.1 Å². The molecule has 3 nitrogen and oxygen atoms in total. The molecule has 0 saturated carbocycles. The van der Waals surface area contributed by atoms with Crippen LogP contribution in [0.5, 0.6) is 0 Å². The van der Waals surface area contributed by atoms with E-state index in [9.17, 15) is 0 Å². The molecule has 0 spiro atoms. The Labute approximate surface area is 103 Å². The zero-order chi connectivity index (χ0) is 12.3. The summed E-state index contributed by atoms with van der Waals surface area (Å²) in [4.78, 5) is 6.63. The minimum Gasteiger partial charge on any atom is -0.355 e. The van der Waals surface area contributed by atoms with Gasteiger partial charge in [-0.05, 0) is 32.4 Å². The topological polar surface area (TPSA) is 42.1 Å². The summed E-state index contributed by atoms with van der Waals surface area (Å²) >= 11 is 5.99. The smallest absolute Gasteiger partial charge is 0.129 e. The van der Waals surface area contributed by atoms with Crippen molar-refractivity contribution in [1.82, 2.24) is 4.98 Å². The van der Waals surface area contributed by atoms with E-state index in [4.69, 9.17) is 17.3 Å². The lowest BCUT2D eigenvalue weighted by atomic mass is 10.00. The molecular weight excluding hydrogens is 222 g/mol. The summed E-state index contributed by atoms with van der Waals surface area (Å²) in [6.45, 7) is 6.90. The van der Waals surface area contributed by atoms with Gasteiger partial charge >= 0.3 is 0 Å². The molecule has 0 atom stereocenters. The molecule has 0 unspecified atom stereocenters. The van der Waals surface area contributed by atoms with E-state index in [1.807, 2.05) is 19.2 Å². The number of nitrogens with zero attached hydrogens (tertiary/aromatic N) is 2. The van der Waals surface area contributed by atoms with Gasteiger partial charge in [0.25, 0.3) is 0 Å². The van der Waals surface area contributed by atoms with Crippen LogP contribution in [0.4, 0.5) is 5.82 Å². The second-order valence-corrected chi connectivity index (χ2v) is 4.93. The molecule has 1 aromatic heterocycles. The van der Waals surface area contributed by atoms with Gasteiger partial charge in [0.2, 0.25) is 0 Å². The van der Waals surface area contributed by atoms with Crippen LogP contribution in [0.3, 0.4) is 0 Å². The van der Waals surface area contributed by atoms with E-state index < -0.39 is 0 Å². The summed E-state index contributed by atoms with van der Waals surface area (Å²) in [5.41, 5.74) is 6.42. The van der Waals surface area contributed by atoms with E-state index >= 15 is 0 Å². The van der Waals surface area contributed by atoms with E-state index in [1.54, 1.807) is 0 Å². The fourth-order valence-corrected chi connectivity index (χ4v) is 1.53. The monoisotopic (exact) mass is 241 g/mol. The number of halogens is 1. The van der Waals surface area contributed by atoms with Crippen molar-refractivity contribution in [2.45, 2.75) is 39.3 Å². The third kappa shape index (κ3) is 2.66. The Morgan fingerprint density at radius 2 is 2.06 bits per heavy atom. The van der Waals surface area contributed by atoms with E-state index in [0.29, 0.717) is 11.6 Å². The molecule has 4 heteroatoms. The molecule has 1 rings (SSSR count). The number of aromatic nitrogens is 1. The zero-order valence-corrected chi connectivity index (χ0v) is 11.2. The predicted octanol–water partition coefficient (Wildman–Crippen LogP) is 2.82. The molecule has 1 aromatic rings. The van der Waals surface area contributed by atoms with Crippen molar-refractivity contribution < 1.29 is 0 Å². The molecule has 2 N–H and O–H groups in total. The molecule has 90 valence electrons. The zero-order valence-electron chi connectivity index (χ0n) is 10.4. The van der Waals surface area contributed by atoms with Crippen molar-refractivity contribution in [1.29, 1.82) is 0 Å². The van der Waals surface area contributed by atoms with Gasteiger partial charge in [-0.2, -0.15) is 0 Å². The summed E-state index contributed by atoms with van der Waals surface area (Å²) in [7, 11) is 2.04. The maximum absolute atomic E-state index is 5.99. The molecule has 16 heavy (non-hydrogen) atoms. The molecule has 0 aromatic carbocycles. The number of hydrogen-bond acceptors (Lipinski definition) is 3. The second-order valence-electron chi connectivity index (χ2n) is 4.53. The van der Waals surface area contributed by atoms with E-state index in [2.05, 4.69) is 30.7 Å². The van der Waals surface area contributed by atoms with Gasteiger partial charge in [-0.15, -0.1) is 0 Å². The van der Waals surface area contributed by atoms with Crippen LogP contribution in [0.25, 0.3) is 0 Å². The summed E-state index contributed by atoms with van der Waals surface area (Å²) in [5, 5.41) is 0.633. The maximum atomic E-state index is 5.99. The Bertz CT molecular complexity index is 363. The summed E-state index contributed by atoms with van der Waals surface area (Å²) < 4.78 is 0. The van der Waals surface area contributed by atoms with Crippen LogP contribution in [0.1, 0.15) is 32.9 Å². The van der Waals surface area contributed by atoms with Crippen molar-refractivity contribution in [3.63, 3.8) is 0 Å². The highest BCUT2D eigenvalue weighted by Gasteiger charge is 2.22. The summed E-state index contributed by atoms with van der Waals surface area (Å²) in [6.07, 6.45) is 1.05. The third-order valence-corrected chi connectivity index (χ3v) is 3.56. The van der Waals surface area contributed by atoms with Gasteiger partial charge < -0.3 is 10.6 Å². The lowest BCUT2D eigenvalue weighted by molar-refractivity contribution is 0.467. The summed E-state index contributed by atoms with van der Waals surface area (Å²) in [5.74, 6) is 0.914. The predicted molar refractivity (Wildman–Crippen MR) is 69.9 cm³/mol. The Morgan fingerprint density at radius 3 is 2.56 bits per heavy atom. The highest BCUT2D eigenvalue weighted by Crippen LogP contribution is 2.25. The lowest BCUT2D eigenvalue weighted by Crippen LogP contribution is -2.41. The molecule has 0 bridgehead atoms. The molecule has 0 amide bonds. The van der Waals surface area contributed by atoms with Crippen LogP contribution in [0.15, 0.2) is 12.1 Å². The Kier molecular flexibility index (Phi) is 4.16. The Balaban J connectivity index is 3.05. The highest BCUT2D eigenvalue weighted by molar-refractivity contribution is 6.31. The van der Waals surface area contributed by atoms with Crippen LogP contribution in [-0.2, 0) is 6.54 Å². The molecule has 0 fully saturated rings. The normalized spacial score (nSPS) is 11.6. The van der Waals surface area contributed by atoms with Crippen molar-refractivity contribution in [2.75, 3.05) is 11.9 Å². The molecular formula is C12H20ClN3. The molecule has 0 aliphatic heterocycles. The third-order valence-electron chi connectivity index (χ3n) is 3.21. The molecule has 0 saturated heterocycles. The van der Waals surface area contributed by atoms with Gasteiger partial charge in [0.15, 0.2) is 0 Å². The standard InChI is InChI=1S/C12H20ClN3/c1-5-12(2,3)16(4)11-7-6-9(13)10(8-14)15-11/h6-7H,5,8,14H2,1-4H3. The maximum Gasteiger partial charge on any atom is 0.129 e. The quantitative estimate of drug-likeness (QED) is 0.882. The van der Waals surface area contributed by atoms with E-state index in [-0.39, 0.29) is 5.54 Å². The van der Waals surface area contributed by atoms with Crippen molar-refractivity contribution in [3.05, 3.63) is 22.8 Å². The first-order valence-electron chi connectivity index (χ1n) is 5.51. The largest absolute Gasteiger partial charge is 0.355 e. The minimum atomic E-state index is 0.0761. The van der Waals surface area contributed by atoms with Crippen LogP contribution < -0.4 is 10.6 Å². The van der Waals surface area contributed by atoms with Crippen molar-refractivity contribution in [3.8, 4) is 0 Å². The Hall–Kier alpha value is -0.800. The number of pyridine rings is 1. The average Bonchev–Trinajstić information content (AvgIpc) is 2.28. The number of hydrogen-bond donors (Lipinski definition) is 1. The first-order chi connectivity index (χ1) is 7.42. The number of nitrogens with two attached hydrogens (primary N) is 1.